The van der Waals surface area contributed by atoms with E-state index in [9.17, 15) is 4.39 Å². The van der Waals surface area contributed by atoms with E-state index in [4.69, 9.17) is 5.73 Å². The van der Waals surface area contributed by atoms with E-state index in [2.05, 4.69) is 35.6 Å². The van der Waals surface area contributed by atoms with Crippen molar-refractivity contribution >= 4 is 5.69 Å². The van der Waals surface area contributed by atoms with Gasteiger partial charge < -0.3 is 11.1 Å². The van der Waals surface area contributed by atoms with E-state index in [1.165, 1.54) is 17.7 Å². The van der Waals surface area contributed by atoms with Crippen LogP contribution in [0.15, 0.2) is 78.9 Å². The van der Waals surface area contributed by atoms with Crippen LogP contribution in [0.3, 0.4) is 0 Å². The van der Waals surface area contributed by atoms with Crippen LogP contribution in [-0.4, -0.2) is 6.54 Å². The van der Waals surface area contributed by atoms with Gasteiger partial charge in [-0.15, -0.1) is 0 Å². The maximum absolute atomic E-state index is 13.3. The van der Waals surface area contributed by atoms with Gasteiger partial charge in [-0.2, -0.15) is 0 Å². The van der Waals surface area contributed by atoms with Gasteiger partial charge in [-0.05, 0) is 60.3 Å². The summed E-state index contributed by atoms with van der Waals surface area (Å²) in [5, 5.41) is 3.59. The molecule has 1 unspecified atom stereocenters. The first-order valence-electron chi connectivity index (χ1n) is 8.60. The lowest BCUT2D eigenvalue weighted by atomic mass is 9.98. The maximum atomic E-state index is 13.3. The minimum absolute atomic E-state index is 0.000117. The Bertz CT molecular complexity index is 785. The van der Waals surface area contributed by atoms with Crippen LogP contribution in [-0.2, 0) is 6.42 Å². The van der Waals surface area contributed by atoms with Crippen LogP contribution in [0, 0.1) is 5.82 Å². The van der Waals surface area contributed by atoms with E-state index in [0.29, 0.717) is 0 Å². The fourth-order valence-electron chi connectivity index (χ4n) is 3.01. The third-order valence-electron chi connectivity index (χ3n) is 4.28. The molecular formula is C22H23FN2. The van der Waals surface area contributed by atoms with Gasteiger partial charge in [0, 0.05) is 5.69 Å². The van der Waals surface area contributed by atoms with Crippen LogP contribution in [0.25, 0.3) is 0 Å². The summed E-state index contributed by atoms with van der Waals surface area (Å²) in [4.78, 5) is 0. The van der Waals surface area contributed by atoms with E-state index in [-0.39, 0.29) is 11.9 Å². The van der Waals surface area contributed by atoms with Crippen LogP contribution in [0.2, 0.25) is 0 Å². The molecule has 0 aromatic heterocycles. The molecule has 0 aliphatic heterocycles. The molecule has 0 spiro atoms. The molecule has 3 aromatic carbocycles. The molecule has 25 heavy (non-hydrogen) atoms. The Morgan fingerprint density at radius 1 is 0.840 bits per heavy atom. The van der Waals surface area contributed by atoms with Gasteiger partial charge in [0.1, 0.15) is 5.82 Å². The Morgan fingerprint density at radius 2 is 1.60 bits per heavy atom. The van der Waals surface area contributed by atoms with Gasteiger partial charge in [-0.3, -0.25) is 0 Å². The lowest BCUT2D eigenvalue weighted by Crippen LogP contribution is -2.24. The highest BCUT2D eigenvalue weighted by Crippen LogP contribution is 2.24. The summed E-state index contributed by atoms with van der Waals surface area (Å²) >= 11 is 0. The molecule has 2 nitrogen and oxygen atoms in total. The van der Waals surface area contributed by atoms with Crippen molar-refractivity contribution in [3.63, 3.8) is 0 Å². The summed E-state index contributed by atoms with van der Waals surface area (Å²) in [6.45, 7) is 0.867. The van der Waals surface area contributed by atoms with Gasteiger partial charge in [0.2, 0.25) is 0 Å². The first kappa shape index (κ1) is 17.2. The SMILES string of the molecule is Nc1cccc(C(NCCCc2ccccc2)c2ccc(F)cc2)c1. The predicted molar refractivity (Wildman–Crippen MR) is 102 cm³/mol. The van der Waals surface area contributed by atoms with Crippen LogP contribution in [0.4, 0.5) is 10.1 Å². The molecule has 0 amide bonds. The number of hydrogen-bond acceptors (Lipinski definition) is 2. The molecule has 0 aliphatic carbocycles. The number of benzene rings is 3. The molecule has 0 saturated carbocycles. The van der Waals surface area contributed by atoms with Crippen molar-refractivity contribution in [2.75, 3.05) is 12.3 Å². The molecular weight excluding hydrogens is 311 g/mol. The fraction of sp³-hybridized carbons (Fsp3) is 0.182. The van der Waals surface area contributed by atoms with Crippen LogP contribution in [0.5, 0.6) is 0 Å². The summed E-state index contributed by atoms with van der Waals surface area (Å²) in [7, 11) is 0. The van der Waals surface area contributed by atoms with Gasteiger partial charge in [0.05, 0.1) is 6.04 Å². The minimum Gasteiger partial charge on any atom is -0.399 e. The van der Waals surface area contributed by atoms with Crippen LogP contribution >= 0.6 is 0 Å². The lowest BCUT2D eigenvalue weighted by molar-refractivity contribution is 0.580. The number of aryl methyl sites for hydroxylation is 1. The van der Waals surface area contributed by atoms with E-state index < -0.39 is 0 Å². The van der Waals surface area contributed by atoms with Crippen molar-refractivity contribution in [3.8, 4) is 0 Å². The largest absolute Gasteiger partial charge is 0.399 e. The lowest BCUT2D eigenvalue weighted by Gasteiger charge is -2.20. The predicted octanol–water partition coefficient (Wildman–Crippen LogP) is 4.72. The Balaban J connectivity index is 1.69. The second-order valence-electron chi connectivity index (χ2n) is 6.20. The monoisotopic (exact) mass is 334 g/mol. The number of anilines is 1. The summed E-state index contributed by atoms with van der Waals surface area (Å²) in [5.41, 5.74) is 10.1. The Kier molecular flexibility index (Phi) is 5.81. The average Bonchev–Trinajstić information content (AvgIpc) is 2.64. The van der Waals surface area contributed by atoms with E-state index in [1.54, 1.807) is 0 Å². The summed E-state index contributed by atoms with van der Waals surface area (Å²) in [5.74, 6) is -0.223. The van der Waals surface area contributed by atoms with Crippen molar-refractivity contribution in [2.24, 2.45) is 0 Å². The zero-order valence-electron chi connectivity index (χ0n) is 14.2. The molecule has 3 aromatic rings. The van der Waals surface area contributed by atoms with Gasteiger partial charge in [-0.1, -0.05) is 54.6 Å². The molecule has 1 atom stereocenters. The number of halogens is 1. The smallest absolute Gasteiger partial charge is 0.123 e. The molecule has 0 heterocycles. The van der Waals surface area contributed by atoms with Crippen molar-refractivity contribution in [1.29, 1.82) is 0 Å². The van der Waals surface area contributed by atoms with Crippen molar-refractivity contribution in [2.45, 2.75) is 18.9 Å². The Hall–Kier alpha value is -2.65. The first-order chi connectivity index (χ1) is 12.2. The highest BCUT2D eigenvalue weighted by molar-refractivity contribution is 5.44. The van der Waals surface area contributed by atoms with E-state index >= 15 is 0 Å². The molecule has 0 fully saturated rings. The van der Waals surface area contributed by atoms with Gasteiger partial charge in [-0.25, -0.2) is 4.39 Å². The minimum atomic E-state index is -0.223. The number of rotatable bonds is 7. The average molecular weight is 334 g/mol. The van der Waals surface area contributed by atoms with E-state index in [0.717, 1.165) is 36.2 Å². The van der Waals surface area contributed by atoms with Crippen LogP contribution < -0.4 is 11.1 Å². The van der Waals surface area contributed by atoms with Gasteiger partial charge in [0.15, 0.2) is 0 Å². The number of nitrogens with two attached hydrogens (primary N) is 1. The zero-order valence-corrected chi connectivity index (χ0v) is 14.2. The number of nitrogens with one attached hydrogen (secondary N) is 1. The van der Waals surface area contributed by atoms with Gasteiger partial charge >= 0.3 is 0 Å². The number of nitrogen functional groups attached to an aromatic ring is 1. The molecule has 3 rings (SSSR count). The third kappa shape index (κ3) is 4.91. The molecule has 0 bridgehead atoms. The summed E-state index contributed by atoms with van der Waals surface area (Å²) in [6, 6.07) is 25.0. The van der Waals surface area contributed by atoms with Crippen molar-refractivity contribution in [3.05, 3.63) is 101 Å². The molecule has 128 valence electrons. The molecule has 3 heteroatoms. The van der Waals surface area contributed by atoms with Crippen LogP contribution in [0.1, 0.15) is 29.2 Å². The first-order valence-corrected chi connectivity index (χ1v) is 8.60. The maximum Gasteiger partial charge on any atom is 0.123 e. The highest BCUT2D eigenvalue weighted by Gasteiger charge is 2.13. The third-order valence-corrected chi connectivity index (χ3v) is 4.28. The molecule has 0 radical (unpaired) electrons. The van der Waals surface area contributed by atoms with Crippen molar-refractivity contribution < 1.29 is 4.39 Å². The normalized spacial score (nSPS) is 12.0. The quantitative estimate of drug-likeness (QED) is 0.485. The zero-order chi connectivity index (χ0) is 17.5. The molecule has 0 aliphatic rings. The second kappa shape index (κ2) is 8.45. The second-order valence-corrected chi connectivity index (χ2v) is 6.20. The van der Waals surface area contributed by atoms with Gasteiger partial charge in [0.25, 0.3) is 0 Å². The highest BCUT2D eigenvalue weighted by atomic mass is 19.1. The molecule has 0 saturated heterocycles. The fourth-order valence-corrected chi connectivity index (χ4v) is 3.01. The standard InChI is InChI=1S/C22H23FN2/c23-20-13-11-18(12-14-20)22(19-9-4-10-21(24)16-19)25-15-5-8-17-6-2-1-3-7-17/h1-4,6-7,9-14,16,22,25H,5,8,15,24H2. The summed E-state index contributed by atoms with van der Waals surface area (Å²) < 4.78 is 13.3. The molecule has 3 N–H and O–H groups in total. The van der Waals surface area contributed by atoms with E-state index in [1.807, 2.05) is 36.4 Å². The Labute approximate surface area is 148 Å². The Morgan fingerprint density at radius 3 is 2.32 bits per heavy atom. The number of hydrogen-bond donors (Lipinski definition) is 2. The van der Waals surface area contributed by atoms with Crippen molar-refractivity contribution in [1.82, 2.24) is 5.32 Å². The summed E-state index contributed by atoms with van der Waals surface area (Å²) in [6.07, 6.45) is 2.06. The topological polar surface area (TPSA) is 38.0 Å².